The number of H-pyrrole nitrogens is 1. The number of aromatic amines is 1. The smallest absolute Gasteiger partial charge is 0.255 e. The summed E-state index contributed by atoms with van der Waals surface area (Å²) in [5.41, 5.74) is 2.52. The molecule has 6 nitrogen and oxygen atoms in total. The number of amides is 1. The molecule has 1 aromatic heterocycles. The zero-order valence-corrected chi connectivity index (χ0v) is 15.2. The number of ether oxygens (including phenoxy) is 2. The number of methoxy groups -OCH3 is 2. The van der Waals surface area contributed by atoms with Gasteiger partial charge in [-0.2, -0.15) is 5.10 Å². The highest BCUT2D eigenvalue weighted by molar-refractivity contribution is 6.00. The fourth-order valence-corrected chi connectivity index (χ4v) is 2.78. The second-order valence-electron chi connectivity index (χ2n) is 5.98. The molecule has 0 fully saturated rings. The predicted octanol–water partition coefficient (Wildman–Crippen LogP) is 3.72. The number of hydrogen-bond acceptors (Lipinski definition) is 4. The summed E-state index contributed by atoms with van der Waals surface area (Å²) in [6, 6.07) is 11.1. The van der Waals surface area contributed by atoms with Gasteiger partial charge in [-0.25, -0.2) is 4.39 Å². The topological polar surface area (TPSA) is 76.2 Å². The van der Waals surface area contributed by atoms with E-state index in [1.807, 2.05) is 13.0 Å². The molecule has 1 amide bonds. The molecule has 3 rings (SSSR count). The van der Waals surface area contributed by atoms with E-state index >= 15 is 0 Å². The minimum Gasteiger partial charge on any atom is -0.493 e. The summed E-state index contributed by atoms with van der Waals surface area (Å²) in [5.74, 6) is 0.542. The van der Waals surface area contributed by atoms with E-state index in [-0.39, 0.29) is 17.8 Å². The molecule has 3 aromatic rings. The van der Waals surface area contributed by atoms with Crippen LogP contribution in [0.25, 0.3) is 11.3 Å². The Morgan fingerprint density at radius 1 is 1.11 bits per heavy atom. The maximum Gasteiger partial charge on any atom is 0.255 e. The van der Waals surface area contributed by atoms with Crippen molar-refractivity contribution < 1.29 is 18.7 Å². The van der Waals surface area contributed by atoms with Gasteiger partial charge in [-0.1, -0.05) is 12.1 Å². The maximum absolute atomic E-state index is 13.1. The van der Waals surface area contributed by atoms with Crippen LogP contribution < -0.4 is 14.8 Å². The van der Waals surface area contributed by atoms with Crippen LogP contribution in [0.2, 0.25) is 0 Å². The summed E-state index contributed by atoms with van der Waals surface area (Å²) >= 11 is 0. The first kappa shape index (κ1) is 18.4. The SMILES string of the molecule is COc1ccc(-c2[nH]ncc2C(=O)NC(C)c2ccc(F)cc2)cc1OC. The number of nitrogens with one attached hydrogen (secondary N) is 2. The zero-order valence-electron chi connectivity index (χ0n) is 15.2. The number of halogens is 1. The summed E-state index contributed by atoms with van der Waals surface area (Å²) in [6.07, 6.45) is 1.47. The summed E-state index contributed by atoms with van der Waals surface area (Å²) in [6.45, 7) is 1.83. The molecule has 140 valence electrons. The van der Waals surface area contributed by atoms with Crippen LogP contribution in [0.15, 0.2) is 48.7 Å². The van der Waals surface area contributed by atoms with Crippen molar-refractivity contribution in [3.63, 3.8) is 0 Å². The highest BCUT2D eigenvalue weighted by Gasteiger charge is 2.19. The zero-order chi connectivity index (χ0) is 19.4. The van der Waals surface area contributed by atoms with Crippen LogP contribution in [0.5, 0.6) is 11.5 Å². The van der Waals surface area contributed by atoms with E-state index in [9.17, 15) is 9.18 Å². The average Bonchev–Trinajstić information content (AvgIpc) is 3.17. The van der Waals surface area contributed by atoms with Crippen molar-refractivity contribution in [2.24, 2.45) is 0 Å². The van der Waals surface area contributed by atoms with Crippen molar-refractivity contribution in [3.8, 4) is 22.8 Å². The molecule has 0 aliphatic heterocycles. The summed E-state index contributed by atoms with van der Waals surface area (Å²) in [4.78, 5) is 12.7. The minimum atomic E-state index is -0.317. The lowest BCUT2D eigenvalue weighted by Crippen LogP contribution is -2.26. The van der Waals surface area contributed by atoms with Gasteiger partial charge in [0.05, 0.1) is 37.7 Å². The van der Waals surface area contributed by atoms with Crippen LogP contribution in [-0.4, -0.2) is 30.3 Å². The van der Waals surface area contributed by atoms with Crippen LogP contribution >= 0.6 is 0 Å². The highest BCUT2D eigenvalue weighted by atomic mass is 19.1. The van der Waals surface area contributed by atoms with Crippen molar-refractivity contribution in [2.75, 3.05) is 14.2 Å². The van der Waals surface area contributed by atoms with E-state index in [1.165, 1.54) is 18.3 Å². The molecule has 0 saturated heterocycles. The molecule has 0 bridgehead atoms. The fourth-order valence-electron chi connectivity index (χ4n) is 2.78. The Kier molecular flexibility index (Phi) is 5.40. The molecule has 1 atom stereocenters. The molecular formula is C20H20FN3O3. The van der Waals surface area contributed by atoms with Crippen LogP contribution in [-0.2, 0) is 0 Å². The predicted molar refractivity (Wildman–Crippen MR) is 99.4 cm³/mol. The van der Waals surface area contributed by atoms with Crippen molar-refractivity contribution in [1.29, 1.82) is 0 Å². The van der Waals surface area contributed by atoms with E-state index < -0.39 is 0 Å². The quantitative estimate of drug-likeness (QED) is 0.694. The van der Waals surface area contributed by atoms with Gasteiger partial charge >= 0.3 is 0 Å². The first-order valence-corrected chi connectivity index (χ1v) is 8.35. The molecule has 7 heteroatoms. The second kappa shape index (κ2) is 7.90. The molecule has 27 heavy (non-hydrogen) atoms. The molecule has 1 unspecified atom stereocenters. The Morgan fingerprint density at radius 3 is 2.48 bits per heavy atom. The van der Waals surface area contributed by atoms with Crippen LogP contribution in [0.1, 0.15) is 28.9 Å². The Balaban J connectivity index is 1.84. The van der Waals surface area contributed by atoms with Gasteiger partial charge < -0.3 is 14.8 Å². The number of carbonyl (C=O) groups is 1. The maximum atomic E-state index is 13.1. The van der Waals surface area contributed by atoms with Crippen LogP contribution in [0.4, 0.5) is 4.39 Å². The van der Waals surface area contributed by atoms with Gasteiger partial charge in [-0.15, -0.1) is 0 Å². The standard InChI is InChI=1S/C20H20FN3O3/c1-12(13-4-7-15(21)8-5-13)23-20(25)16-11-22-24-19(16)14-6-9-17(26-2)18(10-14)27-3/h4-12H,1-3H3,(H,22,24)(H,23,25). The average molecular weight is 369 g/mol. The monoisotopic (exact) mass is 369 g/mol. The van der Waals surface area contributed by atoms with E-state index in [4.69, 9.17) is 9.47 Å². The van der Waals surface area contributed by atoms with E-state index in [0.29, 0.717) is 22.8 Å². The number of carbonyl (C=O) groups excluding carboxylic acids is 1. The van der Waals surface area contributed by atoms with Crippen molar-refractivity contribution >= 4 is 5.91 Å². The largest absolute Gasteiger partial charge is 0.493 e. The first-order valence-electron chi connectivity index (χ1n) is 8.35. The molecule has 0 spiro atoms. The summed E-state index contributed by atoms with van der Waals surface area (Å²) < 4.78 is 23.6. The summed E-state index contributed by atoms with van der Waals surface area (Å²) in [5, 5.41) is 9.76. The molecular weight excluding hydrogens is 349 g/mol. The van der Waals surface area contributed by atoms with Crippen molar-refractivity contribution in [3.05, 3.63) is 65.6 Å². The number of aromatic nitrogens is 2. The lowest BCUT2D eigenvalue weighted by molar-refractivity contribution is 0.0940. The third-order valence-electron chi connectivity index (χ3n) is 4.27. The number of benzene rings is 2. The van der Waals surface area contributed by atoms with Crippen molar-refractivity contribution in [1.82, 2.24) is 15.5 Å². The van der Waals surface area contributed by atoms with Gasteiger partial charge in [0.1, 0.15) is 5.82 Å². The van der Waals surface area contributed by atoms with Gasteiger partial charge in [-0.3, -0.25) is 9.89 Å². The Labute approximate surface area is 156 Å². The minimum absolute atomic E-state index is 0.286. The third-order valence-corrected chi connectivity index (χ3v) is 4.27. The van der Waals surface area contributed by atoms with E-state index in [1.54, 1.807) is 38.5 Å². The molecule has 2 aromatic carbocycles. The first-order chi connectivity index (χ1) is 13.0. The second-order valence-corrected chi connectivity index (χ2v) is 5.98. The summed E-state index contributed by atoms with van der Waals surface area (Å²) in [7, 11) is 3.11. The Bertz CT molecular complexity index is 938. The van der Waals surface area contributed by atoms with Gasteiger partial charge in [0.25, 0.3) is 5.91 Å². The van der Waals surface area contributed by atoms with Gasteiger partial charge in [0.2, 0.25) is 0 Å². The number of nitrogens with zero attached hydrogens (tertiary/aromatic N) is 1. The molecule has 0 aliphatic rings. The van der Waals surface area contributed by atoms with Crippen LogP contribution in [0.3, 0.4) is 0 Å². The van der Waals surface area contributed by atoms with E-state index in [2.05, 4.69) is 15.5 Å². The van der Waals surface area contributed by atoms with Gasteiger partial charge in [0, 0.05) is 5.56 Å². The molecule has 1 heterocycles. The lowest BCUT2D eigenvalue weighted by Gasteiger charge is -2.15. The van der Waals surface area contributed by atoms with E-state index in [0.717, 1.165) is 11.1 Å². The molecule has 2 N–H and O–H groups in total. The molecule has 0 aliphatic carbocycles. The van der Waals surface area contributed by atoms with Gasteiger partial charge in [0.15, 0.2) is 11.5 Å². The number of hydrogen-bond donors (Lipinski definition) is 2. The number of rotatable bonds is 6. The fraction of sp³-hybridized carbons (Fsp3) is 0.200. The Hall–Kier alpha value is -3.35. The third kappa shape index (κ3) is 3.92. The highest BCUT2D eigenvalue weighted by Crippen LogP contribution is 2.32. The van der Waals surface area contributed by atoms with Gasteiger partial charge in [-0.05, 0) is 42.8 Å². The Morgan fingerprint density at radius 2 is 1.81 bits per heavy atom. The lowest BCUT2D eigenvalue weighted by atomic mass is 10.1. The molecule has 0 radical (unpaired) electrons. The molecule has 0 saturated carbocycles. The van der Waals surface area contributed by atoms with Crippen LogP contribution in [0, 0.1) is 5.82 Å². The normalized spacial score (nSPS) is 11.7. The van der Waals surface area contributed by atoms with Crippen molar-refractivity contribution in [2.45, 2.75) is 13.0 Å².